The van der Waals surface area contributed by atoms with Crippen molar-refractivity contribution in [3.8, 4) is 11.4 Å². The molecule has 0 aliphatic carbocycles. The zero-order chi connectivity index (χ0) is 24.0. The monoisotopic (exact) mass is 464 g/mol. The molecule has 1 heterocycles. The summed E-state index contributed by atoms with van der Waals surface area (Å²) in [7, 11) is 3.98. The highest BCUT2D eigenvalue weighted by Crippen LogP contribution is 2.27. The van der Waals surface area contributed by atoms with Gasteiger partial charge in [-0.1, -0.05) is 68.9 Å². The lowest BCUT2D eigenvalue weighted by Crippen LogP contribution is -2.20. The number of benzene rings is 2. The molecule has 33 heavy (non-hydrogen) atoms. The van der Waals surface area contributed by atoms with Crippen LogP contribution in [-0.4, -0.2) is 46.7 Å². The molecule has 174 valence electrons. The first kappa shape index (κ1) is 24.5. The summed E-state index contributed by atoms with van der Waals surface area (Å²) in [6.07, 6.45) is 1.63. The highest BCUT2D eigenvalue weighted by atomic mass is 32.2. The van der Waals surface area contributed by atoms with Gasteiger partial charge in [-0.3, -0.25) is 4.79 Å². The molecule has 0 atom stereocenters. The molecular weight excluding hydrogens is 432 g/mol. The van der Waals surface area contributed by atoms with Gasteiger partial charge in [-0.25, -0.2) is 5.43 Å². The van der Waals surface area contributed by atoms with Gasteiger partial charge in [-0.05, 0) is 35.6 Å². The molecule has 1 aromatic heterocycles. The van der Waals surface area contributed by atoms with Crippen LogP contribution in [0.1, 0.15) is 38.8 Å². The second kappa shape index (κ2) is 10.7. The molecule has 0 aliphatic rings. The number of hydrazone groups is 1. The molecule has 0 unspecified atom stereocenters. The highest BCUT2D eigenvalue weighted by Gasteiger charge is 2.17. The van der Waals surface area contributed by atoms with Crippen molar-refractivity contribution in [1.82, 2.24) is 20.2 Å². The number of rotatable bonds is 8. The lowest BCUT2D eigenvalue weighted by atomic mass is 9.87. The molecule has 3 rings (SSSR count). The van der Waals surface area contributed by atoms with E-state index in [1.165, 1.54) is 17.3 Å². The second-order valence-electron chi connectivity index (χ2n) is 8.95. The van der Waals surface area contributed by atoms with Crippen molar-refractivity contribution in [3.05, 3.63) is 59.7 Å². The molecule has 3 aromatic rings. The van der Waals surface area contributed by atoms with Crippen molar-refractivity contribution < 1.29 is 4.79 Å². The highest BCUT2D eigenvalue weighted by molar-refractivity contribution is 7.99. The maximum atomic E-state index is 12.2. The summed E-state index contributed by atoms with van der Waals surface area (Å²) >= 11 is 1.35. The van der Waals surface area contributed by atoms with Crippen molar-refractivity contribution in [3.63, 3.8) is 0 Å². The molecule has 0 radical (unpaired) electrons. The topological polar surface area (TPSA) is 75.4 Å². The maximum absolute atomic E-state index is 12.2. The average molecular weight is 465 g/mol. The fraction of sp³-hybridized carbons (Fsp3) is 0.360. The van der Waals surface area contributed by atoms with E-state index in [0.717, 1.165) is 22.6 Å². The van der Waals surface area contributed by atoms with Gasteiger partial charge in [0, 0.05) is 31.9 Å². The standard InChI is InChI=1S/C25H32N6OS/c1-7-31-23(19-10-12-20(13-11-19)25(2,3)4)28-29-24(31)33-17-22(32)27-26-16-18-8-14-21(15-9-18)30(5)6/h8-16H,7,17H2,1-6H3,(H,27,32)/b26-16-. The summed E-state index contributed by atoms with van der Waals surface area (Å²) in [4.78, 5) is 14.3. The Morgan fingerprint density at radius 1 is 1.09 bits per heavy atom. The Hall–Kier alpha value is -3.13. The Morgan fingerprint density at radius 2 is 1.76 bits per heavy atom. The zero-order valence-corrected chi connectivity index (χ0v) is 21.0. The number of carbonyl (C=O) groups excluding carboxylic acids is 1. The van der Waals surface area contributed by atoms with Crippen LogP contribution in [0.2, 0.25) is 0 Å². The Bertz CT molecular complexity index is 1100. The number of nitrogens with zero attached hydrogens (tertiary/aromatic N) is 5. The first-order chi connectivity index (χ1) is 15.7. The van der Waals surface area contributed by atoms with Crippen LogP contribution in [0.4, 0.5) is 5.69 Å². The van der Waals surface area contributed by atoms with Gasteiger partial charge < -0.3 is 9.47 Å². The number of anilines is 1. The fourth-order valence-electron chi connectivity index (χ4n) is 3.21. The van der Waals surface area contributed by atoms with Gasteiger partial charge in [-0.2, -0.15) is 5.10 Å². The smallest absolute Gasteiger partial charge is 0.250 e. The van der Waals surface area contributed by atoms with E-state index in [4.69, 9.17) is 0 Å². The van der Waals surface area contributed by atoms with Crippen LogP contribution in [0.3, 0.4) is 0 Å². The minimum absolute atomic E-state index is 0.101. The van der Waals surface area contributed by atoms with E-state index in [9.17, 15) is 4.79 Å². The van der Waals surface area contributed by atoms with E-state index in [1.54, 1.807) is 6.21 Å². The number of hydrogen-bond donors (Lipinski definition) is 1. The molecule has 0 saturated carbocycles. The van der Waals surface area contributed by atoms with Gasteiger partial charge in [0.05, 0.1) is 12.0 Å². The predicted octanol–water partition coefficient (Wildman–Crippen LogP) is 4.57. The molecule has 0 fully saturated rings. The molecule has 2 aromatic carbocycles. The Labute approximate surface area is 200 Å². The van der Waals surface area contributed by atoms with E-state index in [-0.39, 0.29) is 17.1 Å². The predicted molar refractivity (Wildman–Crippen MR) is 137 cm³/mol. The van der Waals surface area contributed by atoms with E-state index in [1.807, 2.05) is 54.8 Å². The number of amides is 1. The lowest BCUT2D eigenvalue weighted by Gasteiger charge is -2.19. The maximum Gasteiger partial charge on any atom is 0.250 e. The molecule has 0 spiro atoms. The first-order valence-electron chi connectivity index (χ1n) is 10.9. The van der Waals surface area contributed by atoms with E-state index in [2.05, 4.69) is 65.8 Å². The van der Waals surface area contributed by atoms with Gasteiger partial charge >= 0.3 is 0 Å². The summed E-state index contributed by atoms with van der Waals surface area (Å²) in [5.74, 6) is 0.820. The van der Waals surface area contributed by atoms with Gasteiger partial charge in [0.1, 0.15) is 0 Å². The largest absolute Gasteiger partial charge is 0.378 e. The molecular formula is C25H32N6OS. The number of nitrogens with one attached hydrogen (secondary N) is 1. The number of aromatic nitrogens is 3. The van der Waals surface area contributed by atoms with Crippen LogP contribution < -0.4 is 10.3 Å². The summed E-state index contributed by atoms with van der Waals surface area (Å²) < 4.78 is 2.03. The third-order valence-electron chi connectivity index (χ3n) is 5.19. The summed E-state index contributed by atoms with van der Waals surface area (Å²) in [5, 5.41) is 13.5. The lowest BCUT2D eigenvalue weighted by molar-refractivity contribution is -0.118. The van der Waals surface area contributed by atoms with Crippen LogP contribution >= 0.6 is 11.8 Å². The zero-order valence-electron chi connectivity index (χ0n) is 20.2. The van der Waals surface area contributed by atoms with Crippen molar-refractivity contribution in [2.24, 2.45) is 5.10 Å². The summed E-state index contributed by atoms with van der Waals surface area (Å²) in [6, 6.07) is 16.4. The normalized spacial score (nSPS) is 11.7. The Morgan fingerprint density at radius 3 is 2.33 bits per heavy atom. The molecule has 0 bridgehead atoms. The number of carbonyl (C=O) groups is 1. The van der Waals surface area contributed by atoms with Crippen molar-refractivity contribution in [1.29, 1.82) is 0 Å². The van der Waals surface area contributed by atoms with Gasteiger partial charge in [0.25, 0.3) is 5.91 Å². The molecule has 1 N–H and O–H groups in total. The van der Waals surface area contributed by atoms with Crippen molar-refractivity contribution in [2.45, 2.75) is 44.8 Å². The number of hydrogen-bond acceptors (Lipinski definition) is 6. The third kappa shape index (κ3) is 6.44. The SMILES string of the molecule is CCn1c(SCC(=O)N/N=C\c2ccc(N(C)C)cc2)nnc1-c1ccc(C(C)(C)C)cc1. The van der Waals surface area contributed by atoms with Gasteiger partial charge in [-0.15, -0.1) is 10.2 Å². The van der Waals surface area contributed by atoms with Crippen LogP contribution in [0.25, 0.3) is 11.4 Å². The molecule has 8 heteroatoms. The van der Waals surface area contributed by atoms with Crippen LogP contribution in [0.15, 0.2) is 58.8 Å². The van der Waals surface area contributed by atoms with Crippen LogP contribution in [-0.2, 0) is 16.8 Å². The Kier molecular flexibility index (Phi) is 7.92. The summed E-state index contributed by atoms with van der Waals surface area (Å²) in [6.45, 7) is 9.35. The van der Waals surface area contributed by atoms with Crippen LogP contribution in [0, 0.1) is 0 Å². The number of thioether (sulfide) groups is 1. The minimum Gasteiger partial charge on any atom is -0.378 e. The van der Waals surface area contributed by atoms with E-state index in [0.29, 0.717) is 11.7 Å². The van der Waals surface area contributed by atoms with E-state index < -0.39 is 0 Å². The molecule has 0 aliphatic heterocycles. The fourth-order valence-corrected chi connectivity index (χ4v) is 4.01. The molecule has 0 saturated heterocycles. The third-order valence-corrected chi connectivity index (χ3v) is 6.15. The van der Waals surface area contributed by atoms with Gasteiger partial charge in [0.2, 0.25) is 0 Å². The van der Waals surface area contributed by atoms with Crippen LogP contribution in [0.5, 0.6) is 0 Å². The van der Waals surface area contributed by atoms with Gasteiger partial charge in [0.15, 0.2) is 11.0 Å². The van der Waals surface area contributed by atoms with E-state index >= 15 is 0 Å². The minimum atomic E-state index is -0.192. The van der Waals surface area contributed by atoms with Crippen molar-refractivity contribution >= 4 is 29.6 Å². The van der Waals surface area contributed by atoms with Crippen molar-refractivity contribution in [2.75, 3.05) is 24.7 Å². The average Bonchev–Trinajstić information content (AvgIpc) is 3.20. The second-order valence-corrected chi connectivity index (χ2v) is 9.89. The molecule has 7 nitrogen and oxygen atoms in total. The molecule has 1 amide bonds. The Balaban J connectivity index is 1.59. The first-order valence-corrected chi connectivity index (χ1v) is 11.9. The quantitative estimate of drug-likeness (QED) is 0.300. The summed E-state index contributed by atoms with van der Waals surface area (Å²) in [5.41, 5.74) is 6.99.